The van der Waals surface area contributed by atoms with E-state index in [2.05, 4.69) is 25.3 Å². The Morgan fingerprint density at radius 2 is 2.05 bits per heavy atom. The Balaban J connectivity index is 1.88. The smallest absolute Gasteiger partial charge is 0.182 e. The molecule has 0 unspecified atom stereocenters. The van der Waals surface area contributed by atoms with Gasteiger partial charge in [0.25, 0.3) is 0 Å². The molecule has 2 aromatic heterocycles. The Morgan fingerprint density at radius 3 is 2.90 bits per heavy atom. The van der Waals surface area contributed by atoms with Crippen molar-refractivity contribution in [3.63, 3.8) is 0 Å². The van der Waals surface area contributed by atoms with E-state index in [-0.39, 0.29) is 0 Å². The summed E-state index contributed by atoms with van der Waals surface area (Å²) in [7, 11) is 0. The van der Waals surface area contributed by atoms with Gasteiger partial charge in [-0.25, -0.2) is 15.0 Å². The number of H-pyrrole nitrogens is 1. The maximum Gasteiger partial charge on any atom is 0.182 e. The highest BCUT2D eigenvalue weighted by atomic mass is 16.3. The highest BCUT2D eigenvalue weighted by Crippen LogP contribution is 2.25. The number of phenols is 1. The Morgan fingerprint density at radius 1 is 1.20 bits per heavy atom. The first-order valence-corrected chi connectivity index (χ1v) is 6.32. The molecule has 20 heavy (non-hydrogen) atoms. The Hall–Kier alpha value is -2.63. The quantitative estimate of drug-likeness (QED) is 0.679. The zero-order chi connectivity index (χ0) is 14.1. The molecule has 3 aromatic rings. The third kappa shape index (κ3) is 2.16. The van der Waals surface area contributed by atoms with Crippen LogP contribution in [0.3, 0.4) is 0 Å². The number of nitrogens with zero attached hydrogens (tertiary/aromatic N) is 3. The van der Waals surface area contributed by atoms with Crippen molar-refractivity contribution in [2.75, 3.05) is 5.32 Å². The molecule has 0 aliphatic carbocycles. The molecule has 0 spiro atoms. The van der Waals surface area contributed by atoms with Crippen LogP contribution in [-0.2, 0) is 6.54 Å². The number of phenolic OH excluding ortho intramolecular Hbond substituents is 1. The van der Waals surface area contributed by atoms with Crippen molar-refractivity contribution in [1.29, 1.82) is 0 Å². The number of aromatic amines is 1. The van der Waals surface area contributed by atoms with Crippen molar-refractivity contribution in [2.45, 2.75) is 20.4 Å². The molecule has 0 saturated carbocycles. The van der Waals surface area contributed by atoms with Crippen molar-refractivity contribution in [3.05, 3.63) is 41.5 Å². The fourth-order valence-electron chi connectivity index (χ4n) is 2.26. The van der Waals surface area contributed by atoms with Crippen molar-refractivity contribution < 1.29 is 5.11 Å². The fraction of sp³-hybridized carbons (Fsp3) is 0.214. The van der Waals surface area contributed by atoms with E-state index in [0.717, 1.165) is 22.2 Å². The van der Waals surface area contributed by atoms with E-state index in [1.165, 1.54) is 6.33 Å². The average Bonchev–Trinajstić information content (AvgIpc) is 2.90. The van der Waals surface area contributed by atoms with Gasteiger partial charge in [-0.15, -0.1) is 0 Å². The largest absolute Gasteiger partial charge is 0.507 e. The second-order valence-electron chi connectivity index (χ2n) is 4.77. The molecule has 6 nitrogen and oxygen atoms in total. The van der Waals surface area contributed by atoms with E-state index in [4.69, 9.17) is 0 Å². The highest BCUT2D eigenvalue weighted by molar-refractivity contribution is 5.81. The lowest BCUT2D eigenvalue weighted by atomic mass is 10.1. The number of aromatic nitrogens is 4. The summed E-state index contributed by atoms with van der Waals surface area (Å²) in [6, 6.07) is 3.91. The lowest BCUT2D eigenvalue weighted by Gasteiger charge is -2.10. The van der Waals surface area contributed by atoms with Crippen LogP contribution in [0.2, 0.25) is 0 Å². The second kappa shape index (κ2) is 4.80. The molecular formula is C14H15N5O. The van der Waals surface area contributed by atoms with E-state index >= 15 is 0 Å². The summed E-state index contributed by atoms with van der Waals surface area (Å²) >= 11 is 0. The molecule has 0 saturated heterocycles. The first kappa shape index (κ1) is 12.4. The van der Waals surface area contributed by atoms with Crippen LogP contribution in [0.5, 0.6) is 5.75 Å². The third-order valence-corrected chi connectivity index (χ3v) is 3.19. The van der Waals surface area contributed by atoms with Gasteiger partial charge in [0.15, 0.2) is 11.5 Å². The Labute approximate surface area is 115 Å². The molecule has 1 aromatic carbocycles. The Kier molecular flexibility index (Phi) is 2.98. The molecule has 0 atom stereocenters. The van der Waals surface area contributed by atoms with E-state index < -0.39 is 0 Å². The number of aromatic hydroxyl groups is 1. The van der Waals surface area contributed by atoms with Gasteiger partial charge in [-0.3, -0.25) is 0 Å². The molecule has 0 amide bonds. The first-order valence-electron chi connectivity index (χ1n) is 6.32. The van der Waals surface area contributed by atoms with Gasteiger partial charge in [-0.1, -0.05) is 17.7 Å². The van der Waals surface area contributed by atoms with Crippen LogP contribution in [0.25, 0.3) is 11.2 Å². The van der Waals surface area contributed by atoms with Crippen LogP contribution < -0.4 is 5.32 Å². The molecule has 0 fully saturated rings. The molecular weight excluding hydrogens is 254 g/mol. The number of hydrogen-bond acceptors (Lipinski definition) is 5. The monoisotopic (exact) mass is 269 g/mol. The number of benzene rings is 1. The van der Waals surface area contributed by atoms with E-state index in [1.54, 1.807) is 6.33 Å². The zero-order valence-corrected chi connectivity index (χ0v) is 11.3. The minimum absolute atomic E-state index is 0.318. The zero-order valence-electron chi connectivity index (χ0n) is 11.3. The van der Waals surface area contributed by atoms with Gasteiger partial charge in [0.05, 0.1) is 6.33 Å². The summed E-state index contributed by atoms with van der Waals surface area (Å²) in [5.74, 6) is 0.990. The maximum atomic E-state index is 10.1. The number of imidazole rings is 1. The molecule has 6 heteroatoms. The van der Waals surface area contributed by atoms with Crippen LogP contribution in [0, 0.1) is 13.8 Å². The maximum absolute atomic E-state index is 10.1. The van der Waals surface area contributed by atoms with Gasteiger partial charge >= 0.3 is 0 Å². The van der Waals surface area contributed by atoms with E-state index in [9.17, 15) is 5.11 Å². The van der Waals surface area contributed by atoms with E-state index in [0.29, 0.717) is 23.8 Å². The van der Waals surface area contributed by atoms with Crippen molar-refractivity contribution in [1.82, 2.24) is 19.9 Å². The van der Waals surface area contributed by atoms with Crippen molar-refractivity contribution >= 4 is 17.0 Å². The summed E-state index contributed by atoms with van der Waals surface area (Å²) in [6.45, 7) is 4.39. The molecule has 3 rings (SSSR count). The lowest BCUT2D eigenvalue weighted by Crippen LogP contribution is -2.03. The number of nitrogens with one attached hydrogen (secondary N) is 2. The minimum atomic E-state index is 0.318. The van der Waals surface area contributed by atoms with Crippen LogP contribution in [-0.4, -0.2) is 25.0 Å². The molecule has 0 radical (unpaired) electrons. The van der Waals surface area contributed by atoms with Gasteiger partial charge in [-0.2, -0.15) is 0 Å². The van der Waals surface area contributed by atoms with Crippen molar-refractivity contribution in [3.8, 4) is 5.75 Å². The first-order chi connectivity index (χ1) is 9.65. The third-order valence-electron chi connectivity index (χ3n) is 3.19. The Bertz CT molecular complexity index is 765. The van der Waals surface area contributed by atoms with Gasteiger partial charge in [0.1, 0.15) is 17.6 Å². The standard InChI is InChI=1S/C14H15N5O/c1-8-3-9(2)12(20)10(4-8)5-15-13-11-14(17-6-16-11)19-7-18-13/h3-4,6-7,20H,5H2,1-2H3,(H2,15,16,17,18,19). The van der Waals surface area contributed by atoms with Gasteiger partial charge in [0.2, 0.25) is 0 Å². The average molecular weight is 269 g/mol. The van der Waals surface area contributed by atoms with Crippen LogP contribution in [0.1, 0.15) is 16.7 Å². The second-order valence-corrected chi connectivity index (χ2v) is 4.77. The normalized spacial score (nSPS) is 10.9. The van der Waals surface area contributed by atoms with E-state index in [1.807, 2.05) is 26.0 Å². The number of hydrogen-bond donors (Lipinski definition) is 3. The summed E-state index contributed by atoms with van der Waals surface area (Å²) in [5, 5.41) is 13.3. The summed E-state index contributed by atoms with van der Waals surface area (Å²) < 4.78 is 0. The molecule has 102 valence electrons. The molecule has 3 N–H and O–H groups in total. The number of anilines is 1. The van der Waals surface area contributed by atoms with Gasteiger partial charge < -0.3 is 15.4 Å². The summed E-state index contributed by atoms with van der Waals surface area (Å²) in [6.07, 6.45) is 3.05. The number of fused-ring (bicyclic) bond motifs is 1. The topological polar surface area (TPSA) is 86.7 Å². The fourth-order valence-corrected chi connectivity index (χ4v) is 2.26. The lowest BCUT2D eigenvalue weighted by molar-refractivity contribution is 0.464. The van der Waals surface area contributed by atoms with Gasteiger partial charge in [0, 0.05) is 12.1 Å². The predicted octanol–water partition coefficient (Wildman–Crippen LogP) is 2.29. The van der Waals surface area contributed by atoms with Gasteiger partial charge in [-0.05, 0) is 19.4 Å². The molecule has 0 aliphatic heterocycles. The van der Waals surface area contributed by atoms with Crippen LogP contribution in [0.15, 0.2) is 24.8 Å². The number of aryl methyl sites for hydroxylation is 2. The minimum Gasteiger partial charge on any atom is -0.507 e. The van der Waals surface area contributed by atoms with Crippen LogP contribution >= 0.6 is 0 Å². The number of rotatable bonds is 3. The molecule has 2 heterocycles. The SMILES string of the molecule is Cc1cc(C)c(O)c(CNc2ncnc3nc[nH]c23)c1. The summed E-state index contributed by atoms with van der Waals surface area (Å²) in [5.41, 5.74) is 4.21. The molecule has 0 aliphatic rings. The van der Waals surface area contributed by atoms with Crippen molar-refractivity contribution in [2.24, 2.45) is 0 Å². The summed E-state index contributed by atoms with van der Waals surface area (Å²) in [4.78, 5) is 15.3. The molecule has 0 bridgehead atoms. The highest BCUT2D eigenvalue weighted by Gasteiger charge is 2.08. The van der Waals surface area contributed by atoms with Crippen LogP contribution in [0.4, 0.5) is 5.82 Å². The predicted molar refractivity (Wildman–Crippen MR) is 76.6 cm³/mol.